The van der Waals surface area contributed by atoms with Crippen LogP contribution in [0.5, 0.6) is 5.75 Å². The number of ether oxygens (including phenoxy) is 1. The van der Waals surface area contributed by atoms with Crippen molar-refractivity contribution in [3.8, 4) is 5.75 Å². The van der Waals surface area contributed by atoms with Gasteiger partial charge in [0, 0.05) is 6.07 Å². The van der Waals surface area contributed by atoms with Crippen LogP contribution in [-0.2, 0) is 6.42 Å². The number of rotatable bonds is 3. The van der Waals surface area contributed by atoms with E-state index >= 15 is 0 Å². The Morgan fingerprint density at radius 3 is 2.75 bits per heavy atom. The van der Waals surface area contributed by atoms with E-state index in [4.69, 9.17) is 4.74 Å². The highest BCUT2D eigenvalue weighted by Crippen LogP contribution is 2.34. The number of aryl methyl sites for hydroxylation is 1. The average Bonchev–Trinajstić information content (AvgIpc) is 2.48. The van der Waals surface area contributed by atoms with Gasteiger partial charge in [-0.25, -0.2) is 4.39 Å². The quantitative estimate of drug-likeness (QED) is 0.897. The molecular formula is C17H18FNO. The third-order valence-corrected chi connectivity index (χ3v) is 3.58. The standard InChI is InChI=1S/C17H18FNO/c1-2-3-12-4-6-13(7-5-12)17-11-19-15-10-14(18)8-9-16(15)20-17/h4-10,17,19H,2-3,11H2,1H3. The van der Waals surface area contributed by atoms with Crippen molar-refractivity contribution in [1.82, 2.24) is 0 Å². The summed E-state index contributed by atoms with van der Waals surface area (Å²) in [5.41, 5.74) is 3.22. The minimum atomic E-state index is -0.248. The van der Waals surface area contributed by atoms with Gasteiger partial charge >= 0.3 is 0 Å². The van der Waals surface area contributed by atoms with E-state index in [1.807, 2.05) is 0 Å². The third kappa shape index (κ3) is 2.62. The van der Waals surface area contributed by atoms with Gasteiger partial charge < -0.3 is 10.1 Å². The lowest BCUT2D eigenvalue weighted by Gasteiger charge is -2.27. The highest BCUT2D eigenvalue weighted by Gasteiger charge is 2.21. The number of benzene rings is 2. The Labute approximate surface area is 118 Å². The molecule has 0 amide bonds. The zero-order chi connectivity index (χ0) is 13.9. The van der Waals surface area contributed by atoms with Crippen LogP contribution in [0.4, 0.5) is 10.1 Å². The topological polar surface area (TPSA) is 21.3 Å². The molecule has 0 radical (unpaired) electrons. The molecule has 2 aromatic rings. The zero-order valence-corrected chi connectivity index (χ0v) is 11.5. The van der Waals surface area contributed by atoms with Gasteiger partial charge in [0.05, 0.1) is 12.2 Å². The molecule has 0 saturated carbocycles. The summed E-state index contributed by atoms with van der Waals surface area (Å²) in [6, 6.07) is 13.1. The second-order valence-corrected chi connectivity index (χ2v) is 5.12. The van der Waals surface area contributed by atoms with Crippen LogP contribution in [-0.4, -0.2) is 6.54 Å². The predicted molar refractivity (Wildman–Crippen MR) is 78.7 cm³/mol. The number of anilines is 1. The van der Waals surface area contributed by atoms with Gasteiger partial charge in [-0.1, -0.05) is 37.6 Å². The fourth-order valence-electron chi connectivity index (χ4n) is 2.51. The molecule has 0 aromatic heterocycles. The molecule has 0 bridgehead atoms. The summed E-state index contributed by atoms with van der Waals surface area (Å²) in [5.74, 6) is 0.461. The summed E-state index contributed by atoms with van der Waals surface area (Å²) in [4.78, 5) is 0. The SMILES string of the molecule is CCCc1ccc(C2CNc3cc(F)ccc3O2)cc1. The number of hydrogen-bond acceptors (Lipinski definition) is 2. The number of fused-ring (bicyclic) bond motifs is 1. The van der Waals surface area contributed by atoms with Gasteiger partial charge in [0.1, 0.15) is 17.7 Å². The van der Waals surface area contributed by atoms with Crippen LogP contribution < -0.4 is 10.1 Å². The first-order valence-corrected chi connectivity index (χ1v) is 7.05. The van der Waals surface area contributed by atoms with Crippen molar-refractivity contribution in [3.05, 3.63) is 59.4 Å². The Kier molecular flexibility index (Phi) is 3.59. The molecule has 1 heterocycles. The molecule has 3 heteroatoms. The molecule has 104 valence electrons. The Balaban J connectivity index is 1.77. The largest absolute Gasteiger partial charge is 0.482 e. The molecule has 0 spiro atoms. The van der Waals surface area contributed by atoms with E-state index in [0.717, 1.165) is 24.1 Å². The van der Waals surface area contributed by atoms with E-state index < -0.39 is 0 Å². The molecule has 1 N–H and O–H groups in total. The van der Waals surface area contributed by atoms with Gasteiger partial charge in [-0.15, -0.1) is 0 Å². The van der Waals surface area contributed by atoms with Crippen molar-refractivity contribution in [3.63, 3.8) is 0 Å². The molecule has 1 aliphatic heterocycles. The first-order chi connectivity index (χ1) is 9.76. The predicted octanol–water partition coefficient (Wildman–Crippen LogP) is 4.32. The molecule has 0 fully saturated rings. The molecule has 1 atom stereocenters. The maximum absolute atomic E-state index is 13.1. The van der Waals surface area contributed by atoms with Crippen LogP contribution in [0.2, 0.25) is 0 Å². The summed E-state index contributed by atoms with van der Waals surface area (Å²) in [5, 5.41) is 3.23. The number of hydrogen-bond donors (Lipinski definition) is 1. The lowest BCUT2D eigenvalue weighted by atomic mass is 10.0. The monoisotopic (exact) mass is 271 g/mol. The van der Waals surface area contributed by atoms with Gasteiger partial charge in [0.15, 0.2) is 0 Å². The summed E-state index contributed by atoms with van der Waals surface area (Å²) in [6.07, 6.45) is 2.23. The van der Waals surface area contributed by atoms with Crippen LogP contribution in [0.1, 0.15) is 30.6 Å². The van der Waals surface area contributed by atoms with Gasteiger partial charge in [0.2, 0.25) is 0 Å². The molecule has 0 aliphatic carbocycles. The second-order valence-electron chi connectivity index (χ2n) is 5.12. The number of halogens is 1. The van der Waals surface area contributed by atoms with Gasteiger partial charge in [0.25, 0.3) is 0 Å². The minimum absolute atomic E-state index is 0.0244. The Morgan fingerprint density at radius 1 is 1.20 bits per heavy atom. The molecule has 3 rings (SSSR count). The Morgan fingerprint density at radius 2 is 2.00 bits per heavy atom. The highest BCUT2D eigenvalue weighted by atomic mass is 19.1. The normalized spacial score (nSPS) is 17.0. The molecule has 2 nitrogen and oxygen atoms in total. The minimum Gasteiger partial charge on any atom is -0.482 e. The molecule has 2 aromatic carbocycles. The summed E-state index contributed by atoms with van der Waals surface area (Å²) in [6.45, 7) is 2.84. The van der Waals surface area contributed by atoms with Crippen molar-refractivity contribution in [2.75, 3.05) is 11.9 Å². The van der Waals surface area contributed by atoms with Crippen molar-refractivity contribution < 1.29 is 9.13 Å². The van der Waals surface area contributed by atoms with Crippen molar-refractivity contribution in [2.45, 2.75) is 25.9 Å². The van der Waals surface area contributed by atoms with Crippen molar-refractivity contribution >= 4 is 5.69 Å². The summed E-state index contributed by atoms with van der Waals surface area (Å²) < 4.78 is 19.1. The van der Waals surface area contributed by atoms with E-state index in [1.165, 1.54) is 17.7 Å². The summed E-state index contributed by atoms with van der Waals surface area (Å²) in [7, 11) is 0. The highest BCUT2D eigenvalue weighted by molar-refractivity contribution is 5.58. The van der Waals surface area contributed by atoms with E-state index in [9.17, 15) is 4.39 Å². The van der Waals surface area contributed by atoms with Crippen molar-refractivity contribution in [2.24, 2.45) is 0 Å². The van der Waals surface area contributed by atoms with Gasteiger partial charge in [-0.3, -0.25) is 0 Å². The van der Waals surface area contributed by atoms with Crippen molar-refractivity contribution in [1.29, 1.82) is 0 Å². The van der Waals surface area contributed by atoms with Crippen LogP contribution >= 0.6 is 0 Å². The van der Waals surface area contributed by atoms with Crippen LogP contribution in [0.3, 0.4) is 0 Å². The fourth-order valence-corrected chi connectivity index (χ4v) is 2.51. The van der Waals surface area contributed by atoms with Crippen LogP contribution in [0.25, 0.3) is 0 Å². The molecule has 1 unspecified atom stereocenters. The van der Waals surface area contributed by atoms with E-state index in [0.29, 0.717) is 12.3 Å². The zero-order valence-electron chi connectivity index (χ0n) is 11.5. The second kappa shape index (κ2) is 5.53. The maximum Gasteiger partial charge on any atom is 0.143 e. The lowest BCUT2D eigenvalue weighted by Crippen LogP contribution is -2.23. The average molecular weight is 271 g/mol. The van der Waals surface area contributed by atoms with Gasteiger partial charge in [-0.2, -0.15) is 0 Å². The van der Waals surface area contributed by atoms with E-state index in [-0.39, 0.29) is 11.9 Å². The van der Waals surface area contributed by atoms with Crippen LogP contribution in [0, 0.1) is 5.82 Å². The lowest BCUT2D eigenvalue weighted by molar-refractivity contribution is 0.210. The van der Waals surface area contributed by atoms with E-state index in [2.05, 4.69) is 36.5 Å². The molecule has 0 saturated heterocycles. The van der Waals surface area contributed by atoms with Crippen LogP contribution in [0.15, 0.2) is 42.5 Å². The third-order valence-electron chi connectivity index (χ3n) is 3.58. The fraction of sp³-hybridized carbons (Fsp3) is 0.294. The molecular weight excluding hydrogens is 253 g/mol. The Bertz CT molecular complexity index is 594. The van der Waals surface area contributed by atoms with E-state index in [1.54, 1.807) is 6.07 Å². The van der Waals surface area contributed by atoms with Gasteiger partial charge in [-0.05, 0) is 29.7 Å². The maximum atomic E-state index is 13.1. The molecule has 1 aliphatic rings. The Hall–Kier alpha value is -2.03. The summed E-state index contributed by atoms with van der Waals surface area (Å²) >= 11 is 0. The smallest absolute Gasteiger partial charge is 0.143 e. The first kappa shape index (κ1) is 13.0. The molecule has 20 heavy (non-hydrogen) atoms. The number of nitrogens with one attached hydrogen (secondary N) is 1. The first-order valence-electron chi connectivity index (χ1n) is 7.05.